The highest BCUT2D eigenvalue weighted by Crippen LogP contribution is 2.43. The van der Waals surface area contributed by atoms with E-state index in [1.807, 2.05) is 19.1 Å². The number of nitrogens with one attached hydrogen (secondary N) is 1. The Hall–Kier alpha value is -3.02. The summed E-state index contributed by atoms with van der Waals surface area (Å²) < 4.78 is 13.9. The van der Waals surface area contributed by atoms with Crippen LogP contribution in [0.15, 0.2) is 53.3 Å². The maximum atomic E-state index is 13.9. The minimum absolute atomic E-state index is 0.0288. The number of nitrogens with zero attached hydrogens (tertiary/aromatic N) is 2. The van der Waals surface area contributed by atoms with Crippen LogP contribution in [0.2, 0.25) is 0 Å². The van der Waals surface area contributed by atoms with Crippen molar-refractivity contribution in [1.82, 2.24) is 14.9 Å². The van der Waals surface area contributed by atoms with Gasteiger partial charge in [0.05, 0.1) is 22.9 Å². The van der Waals surface area contributed by atoms with Crippen molar-refractivity contribution in [3.8, 4) is 0 Å². The maximum Gasteiger partial charge on any atom is 0.258 e. The number of amides is 1. The van der Waals surface area contributed by atoms with Crippen LogP contribution in [0.25, 0.3) is 10.9 Å². The van der Waals surface area contributed by atoms with Crippen molar-refractivity contribution in [3.63, 3.8) is 0 Å². The molecule has 2 aromatic carbocycles. The van der Waals surface area contributed by atoms with Crippen LogP contribution in [0.1, 0.15) is 44.0 Å². The zero-order chi connectivity index (χ0) is 20.4. The Labute approximate surface area is 168 Å². The number of rotatable bonds is 5. The average Bonchev–Trinajstić information content (AvgIpc) is 3.23. The fourth-order valence-corrected chi connectivity index (χ4v) is 4.41. The van der Waals surface area contributed by atoms with Crippen molar-refractivity contribution >= 4 is 16.8 Å². The van der Waals surface area contributed by atoms with Crippen LogP contribution >= 0.6 is 0 Å². The smallest absolute Gasteiger partial charge is 0.258 e. The molecule has 1 saturated carbocycles. The maximum absolute atomic E-state index is 13.9. The van der Waals surface area contributed by atoms with E-state index in [0.717, 1.165) is 18.4 Å². The minimum atomic E-state index is -0.713. The molecule has 0 saturated heterocycles. The summed E-state index contributed by atoms with van der Waals surface area (Å²) in [7, 11) is 0. The molecule has 1 heterocycles. The standard InChI is InChI=1S/C23H24FN3O2/c1-2-27(15-20-25-19-11-4-3-10-18(19)21(28)26-20)22(29)23(12-5-6-13-23)16-8-7-9-17(24)14-16/h3-4,7-11,14H,2,5-6,12-13,15H2,1H3,(H,25,26,28). The van der Waals surface area contributed by atoms with Gasteiger partial charge in [-0.1, -0.05) is 37.1 Å². The molecule has 1 aromatic heterocycles. The molecule has 1 N–H and O–H groups in total. The number of aromatic nitrogens is 2. The second-order valence-corrected chi connectivity index (χ2v) is 7.65. The molecule has 0 unspecified atom stereocenters. The van der Waals surface area contributed by atoms with E-state index >= 15 is 0 Å². The summed E-state index contributed by atoms with van der Waals surface area (Å²) in [6, 6.07) is 13.5. The number of carbonyl (C=O) groups excluding carboxylic acids is 1. The van der Waals surface area contributed by atoms with E-state index in [4.69, 9.17) is 0 Å². The van der Waals surface area contributed by atoms with Gasteiger partial charge < -0.3 is 9.88 Å². The number of fused-ring (bicyclic) bond motifs is 1. The molecule has 4 rings (SSSR count). The largest absolute Gasteiger partial charge is 0.335 e. The van der Waals surface area contributed by atoms with E-state index in [-0.39, 0.29) is 23.8 Å². The van der Waals surface area contributed by atoms with Gasteiger partial charge in [0.1, 0.15) is 11.6 Å². The molecule has 5 nitrogen and oxygen atoms in total. The molecule has 3 aromatic rings. The van der Waals surface area contributed by atoms with Gasteiger partial charge in [0.15, 0.2) is 0 Å². The molecule has 0 radical (unpaired) electrons. The number of halogens is 1. The van der Waals surface area contributed by atoms with Crippen LogP contribution < -0.4 is 5.56 Å². The molecular weight excluding hydrogens is 369 g/mol. The highest BCUT2D eigenvalue weighted by Gasteiger charge is 2.44. The zero-order valence-electron chi connectivity index (χ0n) is 16.5. The number of carbonyl (C=O) groups is 1. The lowest BCUT2D eigenvalue weighted by Crippen LogP contribution is -2.45. The lowest BCUT2D eigenvalue weighted by molar-refractivity contribution is -0.138. The van der Waals surface area contributed by atoms with E-state index in [9.17, 15) is 14.0 Å². The van der Waals surface area contributed by atoms with Crippen LogP contribution in [0.3, 0.4) is 0 Å². The predicted octanol–water partition coefficient (Wildman–Crippen LogP) is 3.92. The average molecular weight is 393 g/mol. The summed E-state index contributed by atoms with van der Waals surface area (Å²) in [5.74, 6) is 0.0975. The molecule has 0 spiro atoms. The number of para-hydroxylation sites is 1. The Bertz CT molecular complexity index is 1100. The zero-order valence-corrected chi connectivity index (χ0v) is 16.5. The first-order valence-electron chi connectivity index (χ1n) is 10.1. The molecule has 1 amide bonds. The molecule has 0 aliphatic heterocycles. The summed E-state index contributed by atoms with van der Waals surface area (Å²) >= 11 is 0. The van der Waals surface area contributed by atoms with E-state index < -0.39 is 5.41 Å². The van der Waals surface area contributed by atoms with Crippen molar-refractivity contribution in [2.24, 2.45) is 0 Å². The van der Waals surface area contributed by atoms with Gasteiger partial charge in [0.25, 0.3) is 5.56 Å². The SMILES string of the molecule is CCN(Cc1nc2ccccc2c(=O)[nH]1)C(=O)C1(c2cccc(F)c2)CCCC1. The Morgan fingerprint density at radius 3 is 2.66 bits per heavy atom. The molecule has 150 valence electrons. The Kier molecular flexibility index (Phi) is 5.18. The minimum Gasteiger partial charge on any atom is -0.335 e. The first-order valence-corrected chi connectivity index (χ1v) is 10.1. The summed E-state index contributed by atoms with van der Waals surface area (Å²) in [5, 5.41) is 0.526. The van der Waals surface area contributed by atoms with E-state index in [0.29, 0.717) is 36.1 Å². The van der Waals surface area contributed by atoms with Crippen molar-refractivity contribution < 1.29 is 9.18 Å². The second kappa shape index (κ2) is 7.78. The molecule has 1 fully saturated rings. The number of hydrogen-bond acceptors (Lipinski definition) is 3. The molecular formula is C23H24FN3O2. The summed E-state index contributed by atoms with van der Waals surface area (Å²) in [6.45, 7) is 2.60. The van der Waals surface area contributed by atoms with Crippen LogP contribution in [0.5, 0.6) is 0 Å². The first kappa shape index (κ1) is 19.3. The van der Waals surface area contributed by atoms with Crippen LogP contribution in [-0.2, 0) is 16.8 Å². The Morgan fingerprint density at radius 1 is 1.17 bits per heavy atom. The second-order valence-electron chi connectivity index (χ2n) is 7.65. The van der Waals surface area contributed by atoms with Crippen LogP contribution in [0.4, 0.5) is 4.39 Å². The summed E-state index contributed by atoms with van der Waals surface area (Å²) in [6.07, 6.45) is 3.27. The Balaban J connectivity index is 1.68. The summed E-state index contributed by atoms with van der Waals surface area (Å²) in [4.78, 5) is 35.1. The molecule has 0 bridgehead atoms. The normalized spacial score (nSPS) is 15.5. The van der Waals surface area contributed by atoms with Gasteiger partial charge in [-0.25, -0.2) is 9.37 Å². The lowest BCUT2D eigenvalue weighted by atomic mass is 9.77. The quantitative estimate of drug-likeness (QED) is 0.714. The van der Waals surface area contributed by atoms with E-state index in [2.05, 4.69) is 9.97 Å². The van der Waals surface area contributed by atoms with Crippen molar-refractivity contribution in [2.45, 2.75) is 44.6 Å². The lowest BCUT2D eigenvalue weighted by Gasteiger charge is -2.34. The Morgan fingerprint density at radius 2 is 1.93 bits per heavy atom. The van der Waals surface area contributed by atoms with Gasteiger partial charge in [-0.2, -0.15) is 0 Å². The highest BCUT2D eigenvalue weighted by atomic mass is 19.1. The summed E-state index contributed by atoms with van der Waals surface area (Å²) in [5.41, 5.74) is 0.415. The van der Waals surface area contributed by atoms with Gasteiger partial charge in [0, 0.05) is 6.54 Å². The van der Waals surface area contributed by atoms with Crippen molar-refractivity contribution in [2.75, 3.05) is 6.54 Å². The predicted molar refractivity (Wildman–Crippen MR) is 110 cm³/mol. The van der Waals surface area contributed by atoms with E-state index in [1.54, 1.807) is 29.2 Å². The molecule has 6 heteroatoms. The fourth-order valence-electron chi connectivity index (χ4n) is 4.41. The first-order chi connectivity index (χ1) is 14.0. The van der Waals surface area contributed by atoms with Crippen LogP contribution in [-0.4, -0.2) is 27.3 Å². The van der Waals surface area contributed by atoms with Gasteiger partial charge >= 0.3 is 0 Å². The molecule has 0 atom stereocenters. The highest BCUT2D eigenvalue weighted by molar-refractivity contribution is 5.88. The number of benzene rings is 2. The monoisotopic (exact) mass is 393 g/mol. The number of hydrogen-bond donors (Lipinski definition) is 1. The molecule has 1 aliphatic carbocycles. The van der Waals surface area contributed by atoms with Gasteiger partial charge in [0.2, 0.25) is 5.91 Å². The van der Waals surface area contributed by atoms with E-state index in [1.165, 1.54) is 12.1 Å². The third kappa shape index (κ3) is 3.55. The van der Waals surface area contributed by atoms with Gasteiger partial charge in [-0.05, 0) is 49.6 Å². The van der Waals surface area contributed by atoms with Crippen molar-refractivity contribution in [3.05, 3.63) is 76.1 Å². The molecule has 1 aliphatic rings. The van der Waals surface area contributed by atoms with Crippen molar-refractivity contribution in [1.29, 1.82) is 0 Å². The number of aromatic amines is 1. The van der Waals surface area contributed by atoms with Gasteiger partial charge in [-0.15, -0.1) is 0 Å². The molecule has 29 heavy (non-hydrogen) atoms. The number of H-pyrrole nitrogens is 1. The third-order valence-corrected chi connectivity index (χ3v) is 5.92. The number of likely N-dealkylation sites (N-methyl/N-ethyl adjacent to an activating group) is 1. The van der Waals surface area contributed by atoms with Gasteiger partial charge in [-0.3, -0.25) is 9.59 Å². The fraction of sp³-hybridized carbons (Fsp3) is 0.348. The van der Waals surface area contributed by atoms with Crippen LogP contribution in [0, 0.1) is 5.82 Å². The topological polar surface area (TPSA) is 66.1 Å². The third-order valence-electron chi connectivity index (χ3n) is 5.92.